The number of aliphatic carboxylic acids is 1. The van der Waals surface area contributed by atoms with Crippen molar-refractivity contribution in [2.75, 3.05) is 26.8 Å². The Hall–Kier alpha value is -3.41. The van der Waals surface area contributed by atoms with E-state index >= 15 is 0 Å². The molecule has 0 aliphatic carbocycles. The maximum atomic E-state index is 13.8. The van der Waals surface area contributed by atoms with Crippen LogP contribution in [-0.2, 0) is 27.1 Å². The Kier molecular flexibility index (Phi) is 8.47. The number of sulfonamides is 1. The fourth-order valence-corrected chi connectivity index (χ4v) is 6.51. The molecule has 3 aromatic rings. The van der Waals surface area contributed by atoms with Crippen molar-refractivity contribution in [3.05, 3.63) is 77.9 Å². The predicted octanol–water partition coefficient (Wildman–Crippen LogP) is 4.01. The highest BCUT2D eigenvalue weighted by Crippen LogP contribution is 2.34. The Balaban J connectivity index is 1.61. The lowest BCUT2D eigenvalue weighted by Crippen LogP contribution is -2.46. The molecule has 1 heterocycles. The molecule has 1 aliphatic heterocycles. The summed E-state index contributed by atoms with van der Waals surface area (Å²) in [6.45, 7) is -0.0858. The molecular weight excluding hydrogens is 518 g/mol. The molecule has 0 fully saturated rings. The molecule has 9 nitrogen and oxygen atoms in total. The zero-order valence-corrected chi connectivity index (χ0v) is 22.0. The second-order valence-electron chi connectivity index (χ2n) is 8.13. The average Bonchev–Trinajstić information content (AvgIpc) is 3.38. The van der Waals surface area contributed by atoms with E-state index in [4.69, 9.17) is 18.9 Å². The third kappa shape index (κ3) is 6.30. The largest absolute Gasteiger partial charge is 0.497 e. The standard InChI is InChI=1S/C26H27NO8S2/c1-32-20-6-3-18(4-7-20)15-36-16-23(26(28)29)27(14-19-5-12-24-25(13-19)35-17-34-24)37(30,31)22-10-8-21(33-2)9-11-22/h3-13,23H,14-17H2,1-2H3,(H,28,29)/t23-/m1/s1. The van der Waals surface area contributed by atoms with Crippen molar-refractivity contribution >= 4 is 27.8 Å². The summed E-state index contributed by atoms with van der Waals surface area (Å²) in [6, 6.07) is 17.0. The zero-order chi connectivity index (χ0) is 26.4. The van der Waals surface area contributed by atoms with Crippen molar-refractivity contribution in [1.29, 1.82) is 0 Å². The number of thioether (sulfide) groups is 1. The van der Waals surface area contributed by atoms with Crippen LogP contribution in [0.3, 0.4) is 0 Å². The number of nitrogens with zero attached hydrogens (tertiary/aromatic N) is 1. The minimum atomic E-state index is -4.19. The smallest absolute Gasteiger partial charge is 0.322 e. The van der Waals surface area contributed by atoms with Gasteiger partial charge in [0.15, 0.2) is 11.5 Å². The number of carboxylic acids is 1. The molecule has 0 unspecified atom stereocenters. The molecule has 4 rings (SSSR count). The second-order valence-corrected chi connectivity index (χ2v) is 11.1. The molecule has 0 aromatic heterocycles. The van der Waals surface area contributed by atoms with Crippen LogP contribution in [0.15, 0.2) is 71.6 Å². The number of ether oxygens (including phenoxy) is 4. The van der Waals surface area contributed by atoms with Gasteiger partial charge in [-0.2, -0.15) is 16.1 Å². The van der Waals surface area contributed by atoms with Crippen molar-refractivity contribution in [3.63, 3.8) is 0 Å². The Morgan fingerprint density at radius 1 is 0.946 bits per heavy atom. The van der Waals surface area contributed by atoms with E-state index < -0.39 is 22.0 Å². The number of carboxylic acid groups (broad SMARTS) is 1. The van der Waals surface area contributed by atoms with Gasteiger partial charge in [0.1, 0.15) is 17.5 Å². The van der Waals surface area contributed by atoms with Crippen LogP contribution in [0.5, 0.6) is 23.0 Å². The molecule has 0 saturated carbocycles. The summed E-state index contributed by atoms with van der Waals surface area (Å²) in [6.07, 6.45) is 0. The maximum absolute atomic E-state index is 13.8. The van der Waals surface area contributed by atoms with E-state index in [0.717, 1.165) is 15.6 Å². The Bertz CT molecular complexity index is 1330. The van der Waals surface area contributed by atoms with Crippen LogP contribution in [0.4, 0.5) is 0 Å². The SMILES string of the molecule is COc1ccc(CSC[C@H](C(=O)O)N(Cc2ccc3c(c2)OCO3)S(=O)(=O)c2ccc(OC)cc2)cc1. The molecule has 37 heavy (non-hydrogen) atoms. The lowest BCUT2D eigenvalue weighted by atomic mass is 10.2. The Morgan fingerprint density at radius 3 is 2.16 bits per heavy atom. The van der Waals surface area contributed by atoms with Gasteiger partial charge in [0.05, 0.1) is 19.1 Å². The van der Waals surface area contributed by atoms with Crippen LogP contribution in [0, 0.1) is 0 Å². The van der Waals surface area contributed by atoms with E-state index in [9.17, 15) is 18.3 Å². The van der Waals surface area contributed by atoms with Gasteiger partial charge in [-0.1, -0.05) is 18.2 Å². The third-order valence-electron chi connectivity index (χ3n) is 5.78. The van der Waals surface area contributed by atoms with Crippen molar-refractivity contribution in [1.82, 2.24) is 4.31 Å². The second kappa shape index (κ2) is 11.8. The van der Waals surface area contributed by atoms with Crippen LogP contribution < -0.4 is 18.9 Å². The molecule has 0 bridgehead atoms. The van der Waals surface area contributed by atoms with Crippen LogP contribution in [0.1, 0.15) is 11.1 Å². The summed E-state index contributed by atoms with van der Waals surface area (Å²) < 4.78 is 49.6. The third-order valence-corrected chi connectivity index (χ3v) is 8.74. The van der Waals surface area contributed by atoms with Crippen molar-refractivity contribution in [2.45, 2.75) is 23.2 Å². The first kappa shape index (κ1) is 26.6. The highest BCUT2D eigenvalue weighted by atomic mass is 32.2. The quantitative estimate of drug-likeness (QED) is 0.361. The Labute approximate surface area is 220 Å². The van der Waals surface area contributed by atoms with Gasteiger partial charge in [-0.3, -0.25) is 4.79 Å². The molecule has 1 N–H and O–H groups in total. The van der Waals surface area contributed by atoms with Crippen molar-refractivity contribution in [2.24, 2.45) is 0 Å². The number of hydrogen-bond acceptors (Lipinski definition) is 8. The molecule has 11 heteroatoms. The molecule has 0 radical (unpaired) electrons. The minimum absolute atomic E-state index is 0.0274. The van der Waals surface area contributed by atoms with E-state index in [1.165, 1.54) is 43.1 Å². The van der Waals surface area contributed by atoms with Gasteiger partial charge >= 0.3 is 5.97 Å². The summed E-state index contributed by atoms with van der Waals surface area (Å²) in [5.74, 6) is 1.57. The normalized spacial score (nSPS) is 13.4. The lowest BCUT2D eigenvalue weighted by Gasteiger charge is -2.28. The van der Waals surface area contributed by atoms with Crippen LogP contribution >= 0.6 is 11.8 Å². The summed E-state index contributed by atoms with van der Waals surface area (Å²) in [5, 5.41) is 10.1. The number of methoxy groups -OCH3 is 2. The minimum Gasteiger partial charge on any atom is -0.497 e. The monoisotopic (exact) mass is 545 g/mol. The fourth-order valence-electron chi connectivity index (χ4n) is 3.75. The molecule has 196 valence electrons. The first-order valence-corrected chi connectivity index (χ1v) is 13.9. The van der Waals surface area contributed by atoms with Crippen molar-refractivity contribution < 1.29 is 37.3 Å². The number of rotatable bonds is 12. The predicted molar refractivity (Wildman–Crippen MR) is 139 cm³/mol. The van der Waals surface area contributed by atoms with E-state index in [2.05, 4.69) is 0 Å². The average molecular weight is 546 g/mol. The molecule has 1 atom stereocenters. The maximum Gasteiger partial charge on any atom is 0.322 e. The summed E-state index contributed by atoms with van der Waals surface area (Å²) in [5.41, 5.74) is 1.54. The van der Waals surface area contributed by atoms with Gasteiger partial charge in [-0.25, -0.2) is 8.42 Å². The van der Waals surface area contributed by atoms with Crippen LogP contribution in [0.25, 0.3) is 0 Å². The number of hydrogen-bond donors (Lipinski definition) is 1. The number of fused-ring (bicyclic) bond motifs is 1. The number of carbonyl (C=O) groups is 1. The molecule has 0 spiro atoms. The number of benzene rings is 3. The fraction of sp³-hybridized carbons (Fsp3) is 0.269. The van der Waals surface area contributed by atoms with E-state index in [1.54, 1.807) is 25.3 Å². The summed E-state index contributed by atoms with van der Waals surface area (Å²) in [7, 11) is -1.13. The first-order chi connectivity index (χ1) is 17.8. The highest BCUT2D eigenvalue weighted by Gasteiger charge is 2.36. The van der Waals surface area contributed by atoms with Gasteiger partial charge in [-0.05, 0) is 59.7 Å². The van der Waals surface area contributed by atoms with E-state index in [1.807, 2.05) is 24.3 Å². The topological polar surface area (TPSA) is 112 Å². The first-order valence-electron chi connectivity index (χ1n) is 11.3. The summed E-state index contributed by atoms with van der Waals surface area (Å²) >= 11 is 1.34. The Morgan fingerprint density at radius 2 is 1.54 bits per heavy atom. The summed E-state index contributed by atoms with van der Waals surface area (Å²) in [4.78, 5) is 12.4. The van der Waals surface area contributed by atoms with Gasteiger partial charge in [0.2, 0.25) is 16.8 Å². The molecular formula is C26H27NO8S2. The molecule has 1 aliphatic rings. The van der Waals surface area contributed by atoms with Gasteiger partial charge in [-0.15, -0.1) is 0 Å². The molecule has 3 aromatic carbocycles. The van der Waals surface area contributed by atoms with Crippen molar-refractivity contribution in [3.8, 4) is 23.0 Å². The molecule has 0 amide bonds. The van der Waals surface area contributed by atoms with Gasteiger partial charge < -0.3 is 24.1 Å². The molecule has 0 saturated heterocycles. The van der Waals surface area contributed by atoms with E-state index in [0.29, 0.717) is 28.6 Å². The lowest BCUT2D eigenvalue weighted by molar-refractivity contribution is -0.140. The van der Waals surface area contributed by atoms with Gasteiger partial charge in [0.25, 0.3) is 0 Å². The van der Waals surface area contributed by atoms with Gasteiger partial charge in [0, 0.05) is 18.1 Å². The highest BCUT2D eigenvalue weighted by molar-refractivity contribution is 7.98. The zero-order valence-electron chi connectivity index (χ0n) is 20.3. The van der Waals surface area contributed by atoms with Crippen LogP contribution in [0.2, 0.25) is 0 Å². The van der Waals surface area contributed by atoms with E-state index in [-0.39, 0.29) is 24.0 Å². The van der Waals surface area contributed by atoms with Crippen LogP contribution in [-0.4, -0.2) is 56.6 Å².